The fraction of sp³-hybridized carbons (Fsp3) is 0.105. The van der Waals surface area contributed by atoms with Crippen LogP contribution in [-0.2, 0) is 6.54 Å². The van der Waals surface area contributed by atoms with Crippen molar-refractivity contribution in [3.05, 3.63) is 82.3 Å². The third-order valence-corrected chi connectivity index (χ3v) is 4.22. The molecule has 2 heterocycles. The number of nitrogens with one attached hydrogen (secondary N) is 2. The molecule has 0 aliphatic carbocycles. The third kappa shape index (κ3) is 4.64. The molecule has 0 bridgehead atoms. The molecule has 1 aromatic carbocycles. The van der Waals surface area contributed by atoms with Gasteiger partial charge in [-0.05, 0) is 58.7 Å². The molecule has 0 fully saturated rings. The Morgan fingerprint density at radius 1 is 1.16 bits per heavy atom. The second-order valence-corrected chi connectivity index (χ2v) is 6.43. The fourth-order valence-corrected chi connectivity index (χ4v) is 2.88. The van der Waals surface area contributed by atoms with Crippen LogP contribution in [0.1, 0.15) is 21.6 Å². The maximum absolute atomic E-state index is 12.3. The van der Waals surface area contributed by atoms with E-state index in [1.54, 1.807) is 24.7 Å². The van der Waals surface area contributed by atoms with Gasteiger partial charge in [0.15, 0.2) is 0 Å². The summed E-state index contributed by atoms with van der Waals surface area (Å²) >= 11 is 3.53. The Bertz CT molecular complexity index is 884. The Balaban J connectivity index is 1.69. The molecule has 0 radical (unpaired) electrons. The number of anilines is 2. The van der Waals surface area contributed by atoms with Crippen LogP contribution in [0.4, 0.5) is 11.4 Å². The zero-order chi connectivity index (χ0) is 17.6. The molecule has 126 valence electrons. The average Bonchev–Trinajstić information content (AvgIpc) is 2.63. The topological polar surface area (TPSA) is 66.9 Å². The molecule has 0 aliphatic heterocycles. The Hall–Kier alpha value is -2.73. The highest BCUT2D eigenvalue weighted by molar-refractivity contribution is 9.10. The summed E-state index contributed by atoms with van der Waals surface area (Å²) in [4.78, 5) is 20.7. The minimum absolute atomic E-state index is 0.190. The molecule has 1 amide bonds. The SMILES string of the molecule is Cc1ccc(Nc2cncc(C(=O)NCc3ccccn3)c2)c(Br)c1. The maximum atomic E-state index is 12.3. The Labute approximate surface area is 154 Å². The number of nitrogens with zero attached hydrogens (tertiary/aromatic N) is 2. The zero-order valence-electron chi connectivity index (χ0n) is 13.7. The van der Waals surface area contributed by atoms with Gasteiger partial charge in [-0.3, -0.25) is 14.8 Å². The summed E-state index contributed by atoms with van der Waals surface area (Å²) in [5.41, 5.74) is 4.12. The van der Waals surface area contributed by atoms with E-state index < -0.39 is 0 Å². The summed E-state index contributed by atoms with van der Waals surface area (Å²) in [6, 6.07) is 13.4. The lowest BCUT2D eigenvalue weighted by Gasteiger charge is -2.10. The maximum Gasteiger partial charge on any atom is 0.253 e. The van der Waals surface area contributed by atoms with Crippen LogP contribution in [0.15, 0.2) is 65.5 Å². The van der Waals surface area contributed by atoms with Crippen LogP contribution < -0.4 is 10.6 Å². The van der Waals surface area contributed by atoms with Gasteiger partial charge in [0.2, 0.25) is 0 Å². The predicted octanol–water partition coefficient (Wildman–Crippen LogP) is 4.22. The number of rotatable bonds is 5. The Morgan fingerprint density at radius 3 is 2.80 bits per heavy atom. The van der Waals surface area contributed by atoms with Crippen LogP contribution in [0.3, 0.4) is 0 Å². The monoisotopic (exact) mass is 396 g/mol. The highest BCUT2D eigenvalue weighted by atomic mass is 79.9. The van der Waals surface area contributed by atoms with Crippen molar-refractivity contribution in [2.24, 2.45) is 0 Å². The van der Waals surface area contributed by atoms with E-state index in [0.29, 0.717) is 12.1 Å². The van der Waals surface area contributed by atoms with Gasteiger partial charge in [-0.15, -0.1) is 0 Å². The number of carbonyl (C=O) groups excluding carboxylic acids is 1. The van der Waals surface area contributed by atoms with Crippen molar-refractivity contribution in [2.45, 2.75) is 13.5 Å². The third-order valence-electron chi connectivity index (χ3n) is 3.56. The minimum atomic E-state index is -0.190. The average molecular weight is 397 g/mol. The Kier molecular flexibility index (Phi) is 5.40. The van der Waals surface area contributed by atoms with E-state index in [4.69, 9.17) is 0 Å². The van der Waals surface area contributed by atoms with Crippen molar-refractivity contribution in [3.63, 3.8) is 0 Å². The second-order valence-electron chi connectivity index (χ2n) is 5.57. The molecule has 2 N–H and O–H groups in total. The molecule has 3 aromatic rings. The number of pyridine rings is 2. The molecule has 0 aliphatic rings. The van der Waals surface area contributed by atoms with Gasteiger partial charge in [-0.1, -0.05) is 12.1 Å². The molecular weight excluding hydrogens is 380 g/mol. The van der Waals surface area contributed by atoms with Gasteiger partial charge in [0.1, 0.15) is 0 Å². The second kappa shape index (κ2) is 7.90. The summed E-state index contributed by atoms with van der Waals surface area (Å²) in [5, 5.41) is 6.11. The molecule has 0 atom stereocenters. The van der Waals surface area contributed by atoms with Gasteiger partial charge in [-0.25, -0.2) is 0 Å². The number of aromatic nitrogens is 2. The summed E-state index contributed by atoms with van der Waals surface area (Å²) < 4.78 is 0.956. The van der Waals surface area contributed by atoms with E-state index in [-0.39, 0.29) is 5.91 Å². The Morgan fingerprint density at radius 2 is 2.04 bits per heavy atom. The molecule has 6 heteroatoms. The number of aryl methyl sites for hydroxylation is 1. The molecule has 0 unspecified atom stereocenters. The van der Waals surface area contributed by atoms with Gasteiger partial charge in [0, 0.05) is 16.9 Å². The number of carbonyl (C=O) groups is 1. The van der Waals surface area contributed by atoms with Crippen molar-refractivity contribution in [1.82, 2.24) is 15.3 Å². The van der Waals surface area contributed by atoms with Crippen LogP contribution in [0.25, 0.3) is 0 Å². The summed E-state index contributed by atoms with van der Waals surface area (Å²) in [6.45, 7) is 2.41. The number of hydrogen-bond acceptors (Lipinski definition) is 4. The molecule has 0 saturated heterocycles. The van der Waals surface area contributed by atoms with Gasteiger partial charge in [-0.2, -0.15) is 0 Å². The fourth-order valence-electron chi connectivity index (χ4n) is 2.29. The first-order chi connectivity index (χ1) is 12.1. The lowest BCUT2D eigenvalue weighted by molar-refractivity contribution is 0.0950. The van der Waals surface area contributed by atoms with Crippen LogP contribution in [0.2, 0.25) is 0 Å². The molecule has 25 heavy (non-hydrogen) atoms. The van der Waals surface area contributed by atoms with Crippen molar-refractivity contribution in [2.75, 3.05) is 5.32 Å². The molecule has 0 saturated carbocycles. The molecule has 0 spiro atoms. The van der Waals surface area contributed by atoms with Gasteiger partial charge >= 0.3 is 0 Å². The van der Waals surface area contributed by atoms with E-state index in [2.05, 4.69) is 36.5 Å². The van der Waals surface area contributed by atoms with Crippen molar-refractivity contribution in [1.29, 1.82) is 0 Å². The van der Waals surface area contributed by atoms with E-state index in [1.165, 1.54) is 0 Å². The van der Waals surface area contributed by atoms with E-state index in [1.807, 2.05) is 43.3 Å². The van der Waals surface area contributed by atoms with E-state index in [0.717, 1.165) is 27.1 Å². The van der Waals surface area contributed by atoms with Crippen LogP contribution in [-0.4, -0.2) is 15.9 Å². The van der Waals surface area contributed by atoms with E-state index in [9.17, 15) is 4.79 Å². The summed E-state index contributed by atoms with van der Waals surface area (Å²) in [5.74, 6) is -0.190. The van der Waals surface area contributed by atoms with Crippen LogP contribution in [0.5, 0.6) is 0 Å². The highest BCUT2D eigenvalue weighted by Crippen LogP contribution is 2.26. The zero-order valence-corrected chi connectivity index (χ0v) is 15.2. The quantitative estimate of drug-likeness (QED) is 0.677. The summed E-state index contributed by atoms with van der Waals surface area (Å²) in [6.07, 6.45) is 4.93. The molecule has 3 rings (SSSR count). The molecule has 2 aromatic heterocycles. The van der Waals surface area contributed by atoms with Crippen molar-refractivity contribution >= 4 is 33.2 Å². The predicted molar refractivity (Wildman–Crippen MR) is 102 cm³/mol. The normalized spacial score (nSPS) is 10.3. The van der Waals surface area contributed by atoms with E-state index >= 15 is 0 Å². The molecular formula is C19H17BrN4O. The van der Waals surface area contributed by atoms with Gasteiger partial charge < -0.3 is 10.6 Å². The molecule has 5 nitrogen and oxygen atoms in total. The largest absolute Gasteiger partial charge is 0.353 e. The summed E-state index contributed by atoms with van der Waals surface area (Å²) in [7, 11) is 0. The van der Waals surface area contributed by atoms with Crippen molar-refractivity contribution in [3.8, 4) is 0 Å². The van der Waals surface area contributed by atoms with Crippen LogP contribution >= 0.6 is 15.9 Å². The first-order valence-corrected chi connectivity index (χ1v) is 8.57. The number of hydrogen-bond donors (Lipinski definition) is 2. The lowest BCUT2D eigenvalue weighted by Crippen LogP contribution is -2.23. The number of halogens is 1. The first kappa shape index (κ1) is 17.1. The number of amides is 1. The smallest absolute Gasteiger partial charge is 0.253 e. The van der Waals surface area contributed by atoms with Crippen LogP contribution in [0, 0.1) is 6.92 Å². The standard InChI is InChI=1S/C19H17BrN4O/c1-13-5-6-18(17(20)8-13)24-16-9-14(10-21-11-16)19(25)23-12-15-4-2-3-7-22-15/h2-11,24H,12H2,1H3,(H,23,25). The number of benzene rings is 1. The van der Waals surface area contributed by atoms with Crippen molar-refractivity contribution < 1.29 is 4.79 Å². The van der Waals surface area contributed by atoms with Gasteiger partial charge in [0.05, 0.1) is 35.4 Å². The first-order valence-electron chi connectivity index (χ1n) is 7.78. The lowest BCUT2D eigenvalue weighted by atomic mass is 10.2. The highest BCUT2D eigenvalue weighted by Gasteiger charge is 2.08. The minimum Gasteiger partial charge on any atom is -0.353 e. The van der Waals surface area contributed by atoms with Gasteiger partial charge in [0.25, 0.3) is 5.91 Å².